The first kappa shape index (κ1) is 29.6. The van der Waals surface area contributed by atoms with Crippen LogP contribution in [-0.4, -0.2) is 69.6 Å². The van der Waals surface area contributed by atoms with Gasteiger partial charge in [-0.1, -0.05) is 48.5 Å². The first-order valence-electron chi connectivity index (χ1n) is 13.9. The number of nitrogens with zero attached hydrogens (tertiary/aromatic N) is 1. The van der Waals surface area contributed by atoms with E-state index in [9.17, 15) is 24.3 Å². The first-order chi connectivity index (χ1) is 19.5. The number of piperidine rings is 1. The third-order valence-corrected chi connectivity index (χ3v) is 7.16. The third kappa shape index (κ3) is 8.09. The number of carboxylic acids is 1. The highest BCUT2D eigenvalue weighted by Gasteiger charge is 2.34. The number of carboxylic acid groups (broad SMARTS) is 1. The summed E-state index contributed by atoms with van der Waals surface area (Å²) in [6.45, 7) is 5.90. The van der Waals surface area contributed by atoms with E-state index in [1.807, 2.05) is 54.6 Å². The van der Waals surface area contributed by atoms with Crippen LogP contribution in [0.5, 0.6) is 0 Å². The van der Waals surface area contributed by atoms with E-state index in [0.29, 0.717) is 32.4 Å². The SMILES string of the molecule is CC(C)(C)OC(=O)N[C@@H](Cc1ccccc1)C(=O)N1CCC(C(=O)N[C@@H](Cc2c[nH]c3ccccc23)C(=O)O)CC1. The molecule has 1 aromatic heterocycles. The van der Waals surface area contributed by atoms with Gasteiger partial charge in [-0.05, 0) is 50.8 Å². The number of aliphatic carboxylic acids is 1. The van der Waals surface area contributed by atoms with Crippen molar-refractivity contribution in [3.63, 3.8) is 0 Å². The Kier molecular flexibility index (Phi) is 9.31. The predicted molar refractivity (Wildman–Crippen MR) is 154 cm³/mol. The summed E-state index contributed by atoms with van der Waals surface area (Å²) in [6.07, 6.45) is 2.33. The van der Waals surface area contributed by atoms with Crippen LogP contribution in [-0.2, 0) is 32.0 Å². The van der Waals surface area contributed by atoms with Gasteiger partial charge in [-0.2, -0.15) is 0 Å². The minimum atomic E-state index is -1.10. The maximum Gasteiger partial charge on any atom is 0.408 e. The quantitative estimate of drug-likeness (QED) is 0.314. The van der Waals surface area contributed by atoms with Crippen LogP contribution < -0.4 is 10.6 Å². The molecular formula is C31H38N4O6. The number of H-pyrrole nitrogens is 1. The van der Waals surface area contributed by atoms with Crippen molar-refractivity contribution in [2.75, 3.05) is 13.1 Å². The molecule has 1 aliphatic rings. The van der Waals surface area contributed by atoms with E-state index >= 15 is 0 Å². The van der Waals surface area contributed by atoms with Gasteiger partial charge in [0.05, 0.1) is 0 Å². The molecule has 2 aromatic carbocycles. The number of carbonyl (C=O) groups excluding carboxylic acids is 3. The molecule has 0 saturated carbocycles. The Labute approximate surface area is 239 Å². The number of ether oxygens (including phenoxy) is 1. The molecule has 2 atom stereocenters. The van der Waals surface area contributed by atoms with E-state index in [2.05, 4.69) is 15.6 Å². The van der Waals surface area contributed by atoms with E-state index < -0.39 is 35.7 Å². The molecule has 0 unspecified atom stereocenters. The van der Waals surface area contributed by atoms with Crippen LogP contribution in [0.15, 0.2) is 60.8 Å². The Morgan fingerprint density at radius 1 is 0.951 bits per heavy atom. The summed E-state index contributed by atoms with van der Waals surface area (Å²) >= 11 is 0. The fraction of sp³-hybridized carbons (Fsp3) is 0.419. The van der Waals surface area contributed by atoms with Crippen molar-refractivity contribution < 1.29 is 29.0 Å². The van der Waals surface area contributed by atoms with Crippen molar-refractivity contribution in [2.24, 2.45) is 5.92 Å². The number of rotatable bonds is 9. The molecule has 41 heavy (non-hydrogen) atoms. The first-order valence-corrected chi connectivity index (χ1v) is 13.9. The van der Waals surface area contributed by atoms with Gasteiger partial charge in [-0.25, -0.2) is 9.59 Å². The molecule has 0 radical (unpaired) electrons. The minimum absolute atomic E-state index is 0.153. The van der Waals surface area contributed by atoms with Crippen LogP contribution in [0.3, 0.4) is 0 Å². The van der Waals surface area contributed by atoms with Crippen LogP contribution in [0.1, 0.15) is 44.7 Å². The Hall–Kier alpha value is -4.34. The van der Waals surface area contributed by atoms with Gasteiger partial charge >= 0.3 is 12.1 Å². The molecule has 0 bridgehead atoms. The predicted octanol–water partition coefficient (Wildman–Crippen LogP) is 3.65. The van der Waals surface area contributed by atoms with E-state index in [1.165, 1.54) is 0 Å². The standard InChI is InChI=1S/C31H38N4O6/c1-31(2,3)41-30(40)34-25(17-20-9-5-4-6-10-20)28(37)35-15-13-21(14-16-35)27(36)33-26(29(38)39)18-22-19-32-24-12-8-7-11-23(22)24/h4-12,19,21,25-26,32H,13-18H2,1-3H3,(H,33,36)(H,34,40)(H,38,39)/t25-,26-/m0/s1. The number of likely N-dealkylation sites (tertiary alicyclic amines) is 1. The maximum atomic E-state index is 13.5. The number of fused-ring (bicyclic) bond motifs is 1. The summed E-state index contributed by atoms with van der Waals surface area (Å²) in [7, 11) is 0. The van der Waals surface area contributed by atoms with Crippen LogP contribution in [0.2, 0.25) is 0 Å². The van der Waals surface area contributed by atoms with Gasteiger partial charge in [0.25, 0.3) is 0 Å². The molecule has 2 heterocycles. The summed E-state index contributed by atoms with van der Waals surface area (Å²) in [5.41, 5.74) is 1.90. The number of aromatic nitrogens is 1. The number of alkyl carbamates (subject to hydrolysis) is 1. The van der Waals surface area contributed by atoms with E-state index in [-0.39, 0.29) is 18.2 Å². The largest absolute Gasteiger partial charge is 0.480 e. The Morgan fingerprint density at radius 3 is 2.27 bits per heavy atom. The van der Waals surface area contributed by atoms with Crippen LogP contribution >= 0.6 is 0 Å². The topological polar surface area (TPSA) is 141 Å². The van der Waals surface area contributed by atoms with Crippen LogP contribution in [0.25, 0.3) is 10.9 Å². The molecule has 10 nitrogen and oxygen atoms in total. The molecule has 0 aliphatic carbocycles. The highest BCUT2D eigenvalue weighted by Crippen LogP contribution is 2.22. The highest BCUT2D eigenvalue weighted by molar-refractivity contribution is 5.88. The summed E-state index contributed by atoms with van der Waals surface area (Å²) in [5, 5.41) is 16.2. The fourth-order valence-corrected chi connectivity index (χ4v) is 5.09. The highest BCUT2D eigenvalue weighted by atomic mass is 16.6. The number of nitrogens with one attached hydrogen (secondary N) is 3. The van der Waals surface area contributed by atoms with Crippen LogP contribution in [0.4, 0.5) is 4.79 Å². The fourth-order valence-electron chi connectivity index (χ4n) is 5.09. The van der Waals surface area contributed by atoms with Gasteiger partial charge < -0.3 is 30.4 Å². The molecule has 3 aromatic rings. The van der Waals surface area contributed by atoms with Crippen molar-refractivity contribution in [2.45, 2.75) is 64.1 Å². The van der Waals surface area contributed by atoms with E-state index in [4.69, 9.17) is 4.74 Å². The average molecular weight is 563 g/mol. The minimum Gasteiger partial charge on any atom is -0.480 e. The number of hydrogen-bond donors (Lipinski definition) is 4. The van der Waals surface area contributed by atoms with Crippen molar-refractivity contribution in [3.05, 3.63) is 71.9 Å². The lowest BCUT2D eigenvalue weighted by Gasteiger charge is -2.34. The van der Waals surface area contributed by atoms with Crippen molar-refractivity contribution >= 4 is 34.8 Å². The lowest BCUT2D eigenvalue weighted by molar-refractivity contribution is -0.143. The number of hydrogen-bond acceptors (Lipinski definition) is 5. The maximum absolute atomic E-state index is 13.5. The smallest absolute Gasteiger partial charge is 0.408 e. The van der Waals surface area contributed by atoms with Crippen LogP contribution in [0, 0.1) is 5.92 Å². The van der Waals surface area contributed by atoms with Gasteiger partial charge in [-0.3, -0.25) is 9.59 Å². The zero-order chi connectivity index (χ0) is 29.6. The van der Waals surface area contributed by atoms with Gasteiger partial charge in [-0.15, -0.1) is 0 Å². The van der Waals surface area contributed by atoms with E-state index in [1.54, 1.807) is 31.9 Å². The number of benzene rings is 2. The van der Waals surface area contributed by atoms with Crippen molar-refractivity contribution in [3.8, 4) is 0 Å². The molecular weight excluding hydrogens is 524 g/mol. The average Bonchev–Trinajstić information content (AvgIpc) is 3.34. The van der Waals surface area contributed by atoms with Gasteiger partial charge in [0, 0.05) is 48.9 Å². The molecule has 4 N–H and O–H groups in total. The molecule has 1 aliphatic heterocycles. The summed E-state index contributed by atoms with van der Waals surface area (Å²) in [4.78, 5) is 55.9. The second kappa shape index (κ2) is 12.9. The normalized spacial score (nSPS) is 15.6. The Morgan fingerprint density at radius 2 is 1.61 bits per heavy atom. The number of aromatic amines is 1. The van der Waals surface area contributed by atoms with Gasteiger partial charge in [0.15, 0.2) is 0 Å². The lowest BCUT2D eigenvalue weighted by Crippen LogP contribution is -2.53. The molecule has 1 saturated heterocycles. The zero-order valence-corrected chi connectivity index (χ0v) is 23.7. The molecule has 10 heteroatoms. The lowest BCUT2D eigenvalue weighted by atomic mass is 9.94. The molecule has 4 rings (SSSR count). The zero-order valence-electron chi connectivity index (χ0n) is 23.7. The second-order valence-electron chi connectivity index (χ2n) is 11.5. The summed E-state index contributed by atoms with van der Waals surface area (Å²) in [6, 6.07) is 15.1. The monoisotopic (exact) mass is 562 g/mol. The second-order valence-corrected chi connectivity index (χ2v) is 11.5. The molecule has 3 amide bonds. The summed E-state index contributed by atoms with van der Waals surface area (Å²) < 4.78 is 5.39. The number of amides is 3. The third-order valence-electron chi connectivity index (χ3n) is 7.16. The Bertz CT molecular complexity index is 1370. The molecule has 1 fully saturated rings. The molecule has 218 valence electrons. The van der Waals surface area contributed by atoms with Crippen molar-refractivity contribution in [1.29, 1.82) is 0 Å². The van der Waals surface area contributed by atoms with Crippen molar-refractivity contribution in [1.82, 2.24) is 20.5 Å². The van der Waals surface area contributed by atoms with Gasteiger partial charge in [0.2, 0.25) is 11.8 Å². The summed E-state index contributed by atoms with van der Waals surface area (Å²) in [5.74, 6) is -2.11. The molecule has 0 spiro atoms. The number of carbonyl (C=O) groups is 4. The van der Waals surface area contributed by atoms with E-state index in [0.717, 1.165) is 22.0 Å². The van der Waals surface area contributed by atoms with Gasteiger partial charge in [0.1, 0.15) is 17.7 Å². The number of para-hydroxylation sites is 1. The Balaban J connectivity index is 1.36.